The van der Waals surface area contributed by atoms with Crippen LogP contribution in [0, 0.1) is 0 Å². The Morgan fingerprint density at radius 2 is 2.36 bits per heavy atom. The topological polar surface area (TPSA) is 41.6 Å². The van der Waals surface area contributed by atoms with Crippen molar-refractivity contribution in [3.63, 3.8) is 0 Å². The number of nitrogens with zero attached hydrogens (tertiary/aromatic N) is 2. The maximum Gasteiger partial charge on any atom is 0.104 e. The molecular formula is C8H13N3. The summed E-state index contributed by atoms with van der Waals surface area (Å²) in [6.45, 7) is 2.02. The van der Waals surface area contributed by atoms with E-state index in [9.17, 15) is 0 Å². The fraction of sp³-hybridized carbons (Fsp3) is 0.625. The molecule has 1 fully saturated rings. The van der Waals surface area contributed by atoms with Gasteiger partial charge in [-0.2, -0.15) is 0 Å². The molecule has 2 heterocycles. The lowest BCUT2D eigenvalue weighted by molar-refractivity contribution is 0.388. The van der Waals surface area contributed by atoms with Crippen LogP contribution in [-0.2, 0) is 0 Å². The summed E-state index contributed by atoms with van der Waals surface area (Å²) in [5, 5.41) is 0. The Kier molecular flexibility index (Phi) is 1.56. The van der Waals surface area contributed by atoms with Crippen LogP contribution in [0.3, 0.4) is 0 Å². The zero-order chi connectivity index (χ0) is 7.68. The highest BCUT2D eigenvalue weighted by molar-refractivity contribution is 5.84. The lowest BCUT2D eigenvalue weighted by atomic mass is 10.1. The number of hydrogen-bond donors (Lipinski definition) is 1. The average Bonchev–Trinajstić information content (AvgIpc) is 2.04. The Bertz CT molecular complexity index is 217. The van der Waals surface area contributed by atoms with Crippen LogP contribution in [0.5, 0.6) is 0 Å². The Balaban J connectivity index is 2.16. The van der Waals surface area contributed by atoms with Gasteiger partial charge in [-0.3, -0.25) is 0 Å². The van der Waals surface area contributed by atoms with Gasteiger partial charge < -0.3 is 10.6 Å². The van der Waals surface area contributed by atoms with E-state index in [0.29, 0.717) is 0 Å². The van der Waals surface area contributed by atoms with Gasteiger partial charge in [-0.1, -0.05) is 0 Å². The maximum absolute atomic E-state index is 5.65. The maximum atomic E-state index is 5.65. The van der Waals surface area contributed by atoms with Crippen molar-refractivity contribution < 1.29 is 0 Å². The molecule has 0 radical (unpaired) electrons. The Morgan fingerprint density at radius 1 is 1.45 bits per heavy atom. The minimum atomic E-state index is 0.885. The van der Waals surface area contributed by atoms with Crippen LogP contribution in [0.2, 0.25) is 0 Å². The molecule has 2 N–H and O–H groups in total. The molecule has 0 unspecified atom stereocenters. The Hall–Kier alpha value is -0.990. The molecule has 0 atom stereocenters. The minimum absolute atomic E-state index is 0.885. The van der Waals surface area contributed by atoms with Gasteiger partial charge in [0.15, 0.2) is 0 Å². The quantitative estimate of drug-likeness (QED) is 0.553. The van der Waals surface area contributed by atoms with Crippen molar-refractivity contribution in [2.24, 2.45) is 10.7 Å². The van der Waals surface area contributed by atoms with Gasteiger partial charge in [0, 0.05) is 24.9 Å². The van der Waals surface area contributed by atoms with Crippen LogP contribution in [0.1, 0.15) is 19.3 Å². The molecule has 60 valence electrons. The molecule has 0 saturated carbocycles. The number of aliphatic imine (C=N–C) groups is 1. The fourth-order valence-electron chi connectivity index (χ4n) is 1.61. The first kappa shape index (κ1) is 6.70. The zero-order valence-electron chi connectivity index (χ0n) is 6.58. The van der Waals surface area contributed by atoms with E-state index in [-0.39, 0.29) is 0 Å². The smallest absolute Gasteiger partial charge is 0.104 e. The van der Waals surface area contributed by atoms with E-state index >= 15 is 0 Å². The summed E-state index contributed by atoms with van der Waals surface area (Å²) in [5.41, 5.74) is 6.54. The lowest BCUT2D eigenvalue weighted by Crippen LogP contribution is -2.39. The number of fused-ring (bicyclic) bond motifs is 1. The molecular weight excluding hydrogens is 138 g/mol. The summed E-state index contributed by atoms with van der Waals surface area (Å²) >= 11 is 0. The summed E-state index contributed by atoms with van der Waals surface area (Å²) in [6.07, 6.45) is 5.48. The van der Waals surface area contributed by atoms with Gasteiger partial charge in [0.25, 0.3) is 0 Å². The summed E-state index contributed by atoms with van der Waals surface area (Å²) in [4.78, 5) is 6.56. The number of rotatable bonds is 0. The molecule has 0 bridgehead atoms. The Morgan fingerprint density at radius 3 is 3.27 bits per heavy atom. The van der Waals surface area contributed by atoms with Gasteiger partial charge in [-0.05, 0) is 12.8 Å². The van der Waals surface area contributed by atoms with Crippen LogP contribution < -0.4 is 5.73 Å². The number of nitrogens with two attached hydrogens (primary N) is 1. The molecule has 11 heavy (non-hydrogen) atoms. The van der Waals surface area contributed by atoms with E-state index in [1.54, 1.807) is 6.20 Å². The molecule has 3 heteroatoms. The number of hydrogen-bond acceptors (Lipinski definition) is 3. The van der Waals surface area contributed by atoms with Gasteiger partial charge in [-0.25, -0.2) is 4.99 Å². The molecule has 0 aromatic rings. The SMILES string of the molecule is NC1=CN=C2CCCCN2C1. The molecule has 0 aromatic heterocycles. The highest BCUT2D eigenvalue weighted by atomic mass is 15.2. The molecule has 3 nitrogen and oxygen atoms in total. The van der Waals surface area contributed by atoms with E-state index in [1.165, 1.54) is 18.7 Å². The van der Waals surface area contributed by atoms with Gasteiger partial charge >= 0.3 is 0 Å². The van der Waals surface area contributed by atoms with E-state index < -0.39 is 0 Å². The standard InChI is InChI=1S/C8H13N3/c9-7-5-10-8-3-1-2-4-11(8)6-7/h5H,1-4,6,9H2. The van der Waals surface area contributed by atoms with E-state index in [4.69, 9.17) is 5.73 Å². The lowest BCUT2D eigenvalue weighted by Gasteiger charge is -2.32. The van der Waals surface area contributed by atoms with Crippen molar-refractivity contribution in [2.75, 3.05) is 13.1 Å². The van der Waals surface area contributed by atoms with Crippen molar-refractivity contribution in [3.8, 4) is 0 Å². The largest absolute Gasteiger partial charge is 0.399 e. The third-order valence-corrected chi connectivity index (χ3v) is 2.20. The first-order valence-corrected chi connectivity index (χ1v) is 4.12. The van der Waals surface area contributed by atoms with Crippen LogP contribution >= 0.6 is 0 Å². The predicted molar refractivity (Wildman–Crippen MR) is 45.1 cm³/mol. The molecule has 0 spiro atoms. The summed E-state index contributed by atoms with van der Waals surface area (Å²) < 4.78 is 0. The second-order valence-corrected chi connectivity index (χ2v) is 3.13. The van der Waals surface area contributed by atoms with Crippen molar-refractivity contribution in [1.29, 1.82) is 0 Å². The van der Waals surface area contributed by atoms with Crippen molar-refractivity contribution in [3.05, 3.63) is 11.9 Å². The molecule has 1 saturated heterocycles. The van der Waals surface area contributed by atoms with Crippen LogP contribution in [0.15, 0.2) is 16.9 Å². The van der Waals surface area contributed by atoms with Crippen molar-refractivity contribution in [1.82, 2.24) is 4.90 Å². The van der Waals surface area contributed by atoms with E-state index in [2.05, 4.69) is 9.89 Å². The molecule has 2 aliphatic rings. The second kappa shape index (κ2) is 2.57. The van der Waals surface area contributed by atoms with Gasteiger partial charge in [0.2, 0.25) is 0 Å². The third kappa shape index (κ3) is 1.23. The zero-order valence-corrected chi connectivity index (χ0v) is 6.58. The molecule has 0 aromatic carbocycles. The van der Waals surface area contributed by atoms with E-state index in [0.717, 1.165) is 25.2 Å². The highest BCUT2D eigenvalue weighted by Crippen LogP contribution is 2.15. The first-order chi connectivity index (χ1) is 5.36. The second-order valence-electron chi connectivity index (χ2n) is 3.13. The molecule has 2 aliphatic heterocycles. The molecule has 2 rings (SSSR count). The van der Waals surface area contributed by atoms with E-state index in [1.807, 2.05) is 0 Å². The Labute approximate surface area is 66.6 Å². The van der Waals surface area contributed by atoms with Crippen LogP contribution in [0.25, 0.3) is 0 Å². The van der Waals surface area contributed by atoms with Crippen molar-refractivity contribution >= 4 is 5.84 Å². The molecule has 0 amide bonds. The minimum Gasteiger partial charge on any atom is -0.399 e. The number of piperidine rings is 1. The van der Waals surface area contributed by atoms with Gasteiger partial charge in [0.1, 0.15) is 5.84 Å². The van der Waals surface area contributed by atoms with Crippen LogP contribution in [-0.4, -0.2) is 23.8 Å². The molecule has 0 aliphatic carbocycles. The third-order valence-electron chi connectivity index (χ3n) is 2.20. The van der Waals surface area contributed by atoms with Crippen LogP contribution in [0.4, 0.5) is 0 Å². The summed E-state index contributed by atoms with van der Waals surface area (Å²) in [5.74, 6) is 1.23. The average molecular weight is 151 g/mol. The normalized spacial score (nSPS) is 23.8. The first-order valence-electron chi connectivity index (χ1n) is 4.12. The number of amidine groups is 1. The summed E-state index contributed by atoms with van der Waals surface area (Å²) in [7, 11) is 0. The summed E-state index contributed by atoms with van der Waals surface area (Å²) in [6, 6.07) is 0. The highest BCUT2D eigenvalue weighted by Gasteiger charge is 2.18. The predicted octanol–water partition coefficient (Wildman–Crippen LogP) is 0.685. The van der Waals surface area contributed by atoms with Gasteiger partial charge in [0.05, 0.1) is 6.54 Å². The van der Waals surface area contributed by atoms with Crippen molar-refractivity contribution in [2.45, 2.75) is 19.3 Å². The monoisotopic (exact) mass is 151 g/mol. The fourth-order valence-corrected chi connectivity index (χ4v) is 1.61. The van der Waals surface area contributed by atoms with Gasteiger partial charge in [-0.15, -0.1) is 0 Å².